The lowest BCUT2D eigenvalue weighted by Crippen LogP contribution is -2.35. The SMILES string of the molecule is CCC1=C(C(=O)Nc2ccc(C(=O)N3CCCC3)nc2)c2cc(-c3cncc(CN4CCOCC4)c3)ccc2NC1. The van der Waals surface area contributed by atoms with Gasteiger partial charge in [0.05, 0.1) is 25.1 Å². The lowest BCUT2D eigenvalue weighted by atomic mass is 9.90. The number of hydrogen-bond donors (Lipinski definition) is 2. The van der Waals surface area contributed by atoms with Crippen LogP contribution in [0.4, 0.5) is 11.4 Å². The Morgan fingerprint density at radius 1 is 0.976 bits per heavy atom. The maximum atomic E-state index is 13.7. The second-order valence-corrected chi connectivity index (χ2v) is 10.8. The average Bonchev–Trinajstić information content (AvgIpc) is 3.56. The van der Waals surface area contributed by atoms with E-state index in [0.717, 1.165) is 98.7 Å². The number of rotatable bonds is 7. The van der Waals surface area contributed by atoms with Crippen molar-refractivity contribution in [2.75, 3.05) is 56.6 Å². The van der Waals surface area contributed by atoms with Crippen LogP contribution in [0.2, 0.25) is 0 Å². The van der Waals surface area contributed by atoms with E-state index < -0.39 is 0 Å². The maximum absolute atomic E-state index is 13.7. The molecule has 0 atom stereocenters. The Labute approximate surface area is 240 Å². The van der Waals surface area contributed by atoms with E-state index in [4.69, 9.17) is 4.74 Å². The van der Waals surface area contributed by atoms with Crippen molar-refractivity contribution in [3.8, 4) is 11.1 Å². The largest absolute Gasteiger partial charge is 0.381 e. The summed E-state index contributed by atoms with van der Waals surface area (Å²) in [5, 5.41) is 6.50. The van der Waals surface area contributed by atoms with Crippen molar-refractivity contribution < 1.29 is 14.3 Å². The summed E-state index contributed by atoms with van der Waals surface area (Å²) >= 11 is 0. The molecule has 212 valence electrons. The van der Waals surface area contributed by atoms with Crippen molar-refractivity contribution in [3.05, 3.63) is 77.4 Å². The Balaban J connectivity index is 1.23. The molecule has 41 heavy (non-hydrogen) atoms. The molecule has 3 aromatic rings. The monoisotopic (exact) mass is 552 g/mol. The van der Waals surface area contributed by atoms with Crippen LogP contribution >= 0.6 is 0 Å². The molecule has 2 fully saturated rings. The van der Waals surface area contributed by atoms with E-state index in [1.807, 2.05) is 23.4 Å². The normalized spacial score (nSPS) is 17.2. The summed E-state index contributed by atoms with van der Waals surface area (Å²) in [5.41, 5.74) is 7.67. The van der Waals surface area contributed by atoms with Gasteiger partial charge in [0.1, 0.15) is 5.69 Å². The number of likely N-dealkylation sites (tertiary alicyclic amines) is 1. The van der Waals surface area contributed by atoms with Crippen LogP contribution in [0.15, 0.2) is 60.6 Å². The first-order valence-electron chi connectivity index (χ1n) is 14.5. The summed E-state index contributed by atoms with van der Waals surface area (Å²) in [4.78, 5) is 39.5. The van der Waals surface area contributed by atoms with Gasteiger partial charge in [-0.15, -0.1) is 0 Å². The number of amides is 2. The lowest BCUT2D eigenvalue weighted by Gasteiger charge is -2.26. The molecule has 5 heterocycles. The summed E-state index contributed by atoms with van der Waals surface area (Å²) in [6.45, 7) is 8.43. The third kappa shape index (κ3) is 6.01. The van der Waals surface area contributed by atoms with Gasteiger partial charge in [0.2, 0.25) is 0 Å². The minimum Gasteiger partial charge on any atom is -0.381 e. The zero-order chi connectivity index (χ0) is 28.2. The van der Waals surface area contributed by atoms with Crippen LogP contribution in [0, 0.1) is 0 Å². The number of benzene rings is 1. The van der Waals surface area contributed by atoms with Gasteiger partial charge < -0.3 is 20.3 Å². The summed E-state index contributed by atoms with van der Waals surface area (Å²) < 4.78 is 5.48. The van der Waals surface area contributed by atoms with Gasteiger partial charge in [0, 0.05) is 74.0 Å². The predicted molar refractivity (Wildman–Crippen MR) is 159 cm³/mol. The first kappa shape index (κ1) is 27.1. The molecule has 2 amide bonds. The Morgan fingerprint density at radius 2 is 1.80 bits per heavy atom. The van der Waals surface area contributed by atoms with Crippen LogP contribution in [0.25, 0.3) is 16.7 Å². The van der Waals surface area contributed by atoms with E-state index in [1.165, 1.54) is 0 Å². The summed E-state index contributed by atoms with van der Waals surface area (Å²) in [7, 11) is 0. The summed E-state index contributed by atoms with van der Waals surface area (Å²) in [6, 6.07) is 11.8. The molecule has 6 rings (SSSR count). The molecule has 0 spiro atoms. The highest BCUT2D eigenvalue weighted by atomic mass is 16.5. The number of anilines is 2. The Hall–Kier alpha value is -4.08. The molecule has 2 N–H and O–H groups in total. The van der Waals surface area contributed by atoms with E-state index >= 15 is 0 Å². The molecule has 2 saturated heterocycles. The Kier molecular flexibility index (Phi) is 8.07. The van der Waals surface area contributed by atoms with E-state index in [9.17, 15) is 9.59 Å². The minimum absolute atomic E-state index is 0.0559. The van der Waals surface area contributed by atoms with Crippen LogP contribution in [0.3, 0.4) is 0 Å². The maximum Gasteiger partial charge on any atom is 0.272 e. The van der Waals surface area contributed by atoms with Crippen LogP contribution in [0.1, 0.15) is 47.8 Å². The van der Waals surface area contributed by atoms with Crippen molar-refractivity contribution in [1.82, 2.24) is 19.8 Å². The van der Waals surface area contributed by atoms with Crippen LogP contribution in [-0.4, -0.2) is 77.5 Å². The van der Waals surface area contributed by atoms with Crippen LogP contribution in [0.5, 0.6) is 0 Å². The van der Waals surface area contributed by atoms with E-state index in [1.54, 1.807) is 18.3 Å². The Bertz CT molecular complexity index is 1460. The van der Waals surface area contributed by atoms with Gasteiger partial charge in [0.15, 0.2) is 0 Å². The van der Waals surface area contributed by atoms with Gasteiger partial charge >= 0.3 is 0 Å². The number of carbonyl (C=O) groups is 2. The van der Waals surface area contributed by atoms with Crippen LogP contribution < -0.4 is 10.6 Å². The number of nitrogens with one attached hydrogen (secondary N) is 2. The number of ether oxygens (including phenoxy) is 1. The molecule has 0 aliphatic carbocycles. The fraction of sp³-hybridized carbons (Fsp3) is 0.375. The fourth-order valence-electron chi connectivity index (χ4n) is 5.77. The third-order valence-corrected chi connectivity index (χ3v) is 8.06. The summed E-state index contributed by atoms with van der Waals surface area (Å²) in [5.74, 6) is -0.235. The number of carbonyl (C=O) groups excluding carboxylic acids is 2. The van der Waals surface area contributed by atoms with Crippen LogP contribution in [-0.2, 0) is 16.1 Å². The molecular formula is C32H36N6O3. The highest BCUT2D eigenvalue weighted by molar-refractivity contribution is 6.28. The summed E-state index contributed by atoms with van der Waals surface area (Å²) in [6.07, 6.45) is 8.17. The quantitative estimate of drug-likeness (QED) is 0.447. The van der Waals surface area contributed by atoms with E-state index in [-0.39, 0.29) is 11.8 Å². The second kappa shape index (κ2) is 12.2. The first-order valence-corrected chi connectivity index (χ1v) is 14.5. The van der Waals surface area contributed by atoms with Gasteiger partial charge in [-0.25, -0.2) is 4.98 Å². The molecule has 9 heteroatoms. The predicted octanol–water partition coefficient (Wildman–Crippen LogP) is 4.44. The number of nitrogens with zero attached hydrogens (tertiary/aromatic N) is 4. The zero-order valence-electron chi connectivity index (χ0n) is 23.5. The van der Waals surface area contributed by atoms with Crippen molar-refractivity contribution in [2.45, 2.75) is 32.7 Å². The van der Waals surface area contributed by atoms with Crippen molar-refractivity contribution in [3.63, 3.8) is 0 Å². The first-order chi connectivity index (χ1) is 20.1. The molecule has 0 bridgehead atoms. The second-order valence-electron chi connectivity index (χ2n) is 10.8. The molecular weight excluding hydrogens is 516 g/mol. The molecule has 3 aliphatic heterocycles. The topological polar surface area (TPSA) is 99.7 Å². The molecule has 2 aromatic heterocycles. The lowest BCUT2D eigenvalue weighted by molar-refractivity contribution is -0.111. The van der Waals surface area contributed by atoms with Gasteiger partial charge in [-0.1, -0.05) is 13.0 Å². The highest BCUT2D eigenvalue weighted by Gasteiger charge is 2.25. The van der Waals surface area contributed by atoms with Crippen molar-refractivity contribution in [2.24, 2.45) is 0 Å². The molecule has 9 nitrogen and oxygen atoms in total. The molecule has 0 radical (unpaired) electrons. The van der Waals surface area contributed by atoms with E-state index in [0.29, 0.717) is 23.5 Å². The number of aromatic nitrogens is 2. The highest BCUT2D eigenvalue weighted by Crippen LogP contribution is 2.36. The van der Waals surface area contributed by atoms with Gasteiger partial charge in [-0.05, 0) is 66.3 Å². The third-order valence-electron chi connectivity index (χ3n) is 8.06. The minimum atomic E-state index is -0.179. The Morgan fingerprint density at radius 3 is 2.56 bits per heavy atom. The van der Waals surface area contributed by atoms with E-state index in [2.05, 4.69) is 50.6 Å². The number of hydrogen-bond acceptors (Lipinski definition) is 7. The molecule has 0 saturated carbocycles. The molecule has 3 aliphatic rings. The smallest absolute Gasteiger partial charge is 0.272 e. The van der Waals surface area contributed by atoms with Gasteiger partial charge in [0.25, 0.3) is 11.8 Å². The number of pyridine rings is 2. The molecule has 0 unspecified atom stereocenters. The number of morpholine rings is 1. The average molecular weight is 553 g/mol. The zero-order valence-corrected chi connectivity index (χ0v) is 23.5. The number of fused-ring (bicyclic) bond motifs is 1. The van der Waals surface area contributed by atoms with Crippen molar-refractivity contribution in [1.29, 1.82) is 0 Å². The fourth-order valence-corrected chi connectivity index (χ4v) is 5.77. The van der Waals surface area contributed by atoms with Crippen molar-refractivity contribution >= 4 is 28.8 Å². The van der Waals surface area contributed by atoms with Gasteiger partial charge in [-0.3, -0.25) is 19.5 Å². The van der Waals surface area contributed by atoms with Gasteiger partial charge in [-0.2, -0.15) is 0 Å². The molecule has 1 aromatic carbocycles. The standard InChI is InChI=1S/C32H36N6O3/c1-2-23-19-34-28-7-5-24(25-15-22(17-33-18-25)21-37-11-13-41-14-12-37)16-27(28)30(23)31(39)36-26-6-8-29(35-20-26)32(40)38-9-3-4-10-38/h5-8,15-18,20,34H,2-4,9-14,19,21H2,1H3,(H,36,39).